The number of para-hydroxylation sites is 1. The molecule has 0 saturated heterocycles. The van der Waals surface area contributed by atoms with Gasteiger partial charge >= 0.3 is 23.5 Å². The van der Waals surface area contributed by atoms with Gasteiger partial charge < -0.3 is 18.3 Å². The Morgan fingerprint density at radius 3 is 2.44 bits per heavy atom. The minimum Gasteiger partial charge on any atom is -0.465 e. The number of imidazole rings is 1. The summed E-state index contributed by atoms with van der Waals surface area (Å²) in [4.78, 5) is 43.2. The minimum absolute atomic E-state index is 0.0515. The van der Waals surface area contributed by atoms with Crippen molar-refractivity contribution in [1.29, 1.82) is 0 Å². The van der Waals surface area contributed by atoms with Crippen LogP contribution in [0.25, 0.3) is 33.5 Å². The van der Waals surface area contributed by atoms with E-state index < -0.39 is 17.5 Å². The number of rotatable bonds is 8. The standard InChI is InChI=1S/C29H22N4O8/c1-3-37-27-30-22-10-6-9-21(25(34)39-26-16(2)38-29(36)40-26)23(22)33(27)15-17-11-13-18(14-12-17)19-7-4-5-8-20(19)24-31-28(35)41-32-24/h4-14H,3,15H2,1-2H3,(H,31,32,35). The van der Waals surface area contributed by atoms with Crippen LogP contribution >= 0.6 is 0 Å². The number of hydrogen-bond acceptors (Lipinski definition) is 10. The predicted molar refractivity (Wildman–Crippen MR) is 145 cm³/mol. The second kappa shape index (κ2) is 10.5. The summed E-state index contributed by atoms with van der Waals surface area (Å²) >= 11 is 0. The van der Waals surface area contributed by atoms with E-state index in [1.807, 2.05) is 55.5 Å². The lowest BCUT2D eigenvalue weighted by Gasteiger charge is -2.12. The highest BCUT2D eigenvalue weighted by Crippen LogP contribution is 2.31. The van der Waals surface area contributed by atoms with Gasteiger partial charge in [-0.2, -0.15) is 4.98 Å². The molecule has 0 bridgehead atoms. The van der Waals surface area contributed by atoms with Crippen molar-refractivity contribution in [3.05, 3.63) is 105 Å². The van der Waals surface area contributed by atoms with E-state index in [9.17, 15) is 14.4 Å². The number of benzene rings is 3. The Kier molecular flexibility index (Phi) is 6.55. The van der Waals surface area contributed by atoms with Gasteiger partial charge in [0.05, 0.1) is 29.7 Å². The number of esters is 1. The number of hydrogen-bond donors (Lipinski definition) is 1. The molecule has 0 radical (unpaired) electrons. The Bertz CT molecular complexity index is 1990. The van der Waals surface area contributed by atoms with Gasteiger partial charge in [-0.3, -0.25) is 14.1 Å². The summed E-state index contributed by atoms with van der Waals surface area (Å²) in [5.74, 6) is -2.26. The largest absolute Gasteiger partial charge is 0.521 e. The molecule has 41 heavy (non-hydrogen) atoms. The Morgan fingerprint density at radius 1 is 0.976 bits per heavy atom. The van der Waals surface area contributed by atoms with Crippen LogP contribution in [0.2, 0.25) is 0 Å². The van der Waals surface area contributed by atoms with E-state index in [-0.39, 0.29) is 17.3 Å². The lowest BCUT2D eigenvalue weighted by Crippen LogP contribution is -2.12. The van der Waals surface area contributed by atoms with E-state index in [0.29, 0.717) is 36.0 Å². The van der Waals surface area contributed by atoms with Gasteiger partial charge in [0.15, 0.2) is 11.6 Å². The first kappa shape index (κ1) is 25.6. The average Bonchev–Trinajstić information content (AvgIpc) is 3.65. The van der Waals surface area contributed by atoms with Crippen molar-refractivity contribution in [2.24, 2.45) is 0 Å². The zero-order valence-electron chi connectivity index (χ0n) is 21.9. The van der Waals surface area contributed by atoms with E-state index in [2.05, 4.69) is 19.6 Å². The number of carbonyl (C=O) groups excluding carboxylic acids is 1. The van der Waals surface area contributed by atoms with E-state index in [4.69, 9.17) is 18.3 Å². The third kappa shape index (κ3) is 4.93. The number of aromatic nitrogens is 4. The predicted octanol–water partition coefficient (Wildman–Crippen LogP) is 4.57. The van der Waals surface area contributed by atoms with Gasteiger partial charge in [0.1, 0.15) is 0 Å². The number of nitrogens with zero attached hydrogens (tertiary/aromatic N) is 3. The van der Waals surface area contributed by atoms with Crippen molar-refractivity contribution >= 4 is 17.0 Å². The van der Waals surface area contributed by atoms with Gasteiger partial charge in [-0.15, -0.1) is 0 Å². The molecule has 0 aliphatic heterocycles. The van der Waals surface area contributed by atoms with Crippen molar-refractivity contribution < 1.29 is 27.6 Å². The Labute approximate surface area is 230 Å². The fraction of sp³-hybridized carbons (Fsp3) is 0.138. The number of nitrogens with one attached hydrogen (secondary N) is 1. The van der Waals surface area contributed by atoms with Crippen LogP contribution in [0.1, 0.15) is 28.6 Å². The van der Waals surface area contributed by atoms with Crippen molar-refractivity contribution in [3.8, 4) is 34.5 Å². The second-order valence-corrected chi connectivity index (χ2v) is 8.96. The molecule has 6 rings (SSSR count). The molecule has 3 heterocycles. The molecule has 1 N–H and O–H groups in total. The molecular weight excluding hydrogens is 532 g/mol. The molecule has 6 aromatic rings. The van der Waals surface area contributed by atoms with Crippen molar-refractivity contribution in [3.63, 3.8) is 0 Å². The van der Waals surface area contributed by atoms with Crippen molar-refractivity contribution in [1.82, 2.24) is 19.7 Å². The zero-order valence-corrected chi connectivity index (χ0v) is 21.9. The van der Waals surface area contributed by atoms with Crippen molar-refractivity contribution in [2.75, 3.05) is 6.61 Å². The summed E-state index contributed by atoms with van der Waals surface area (Å²) in [6.07, 6.45) is 0. The smallest absolute Gasteiger partial charge is 0.465 e. The average molecular weight is 555 g/mol. The van der Waals surface area contributed by atoms with Gasteiger partial charge in [0.2, 0.25) is 0 Å². The number of fused-ring (bicyclic) bond motifs is 1. The Balaban J connectivity index is 1.36. The summed E-state index contributed by atoms with van der Waals surface area (Å²) in [6.45, 7) is 3.99. The zero-order chi connectivity index (χ0) is 28.5. The molecule has 12 heteroatoms. The van der Waals surface area contributed by atoms with Crippen LogP contribution in [-0.4, -0.2) is 32.3 Å². The molecule has 206 valence electrons. The molecule has 0 aliphatic carbocycles. The van der Waals surface area contributed by atoms with Gasteiger partial charge in [-0.25, -0.2) is 14.4 Å². The maximum absolute atomic E-state index is 13.2. The maximum Gasteiger partial charge on any atom is 0.521 e. The SMILES string of the molecule is CCOc1nc2cccc(C(=O)Oc3oc(=O)oc3C)c2n1Cc1ccc(-c2ccccc2-c2noc(=O)[nH]2)cc1. The molecule has 12 nitrogen and oxygen atoms in total. The van der Waals surface area contributed by atoms with Gasteiger partial charge in [0, 0.05) is 12.5 Å². The summed E-state index contributed by atoms with van der Waals surface area (Å²) in [7, 11) is 0. The van der Waals surface area contributed by atoms with Crippen LogP contribution in [0.15, 0.2) is 89.7 Å². The summed E-state index contributed by atoms with van der Waals surface area (Å²) in [5, 5.41) is 3.82. The number of aromatic amines is 1. The Hall–Kier alpha value is -5.65. The van der Waals surface area contributed by atoms with Gasteiger partial charge in [-0.1, -0.05) is 59.8 Å². The normalized spacial score (nSPS) is 11.2. The van der Waals surface area contributed by atoms with Crippen molar-refractivity contribution in [2.45, 2.75) is 20.4 Å². The molecule has 3 aromatic carbocycles. The van der Waals surface area contributed by atoms with Gasteiger partial charge in [0.25, 0.3) is 6.01 Å². The van der Waals surface area contributed by atoms with Crippen LogP contribution in [-0.2, 0) is 6.54 Å². The fourth-order valence-corrected chi connectivity index (χ4v) is 4.54. The monoisotopic (exact) mass is 554 g/mol. The van der Waals surface area contributed by atoms with Crippen LogP contribution in [0.5, 0.6) is 12.0 Å². The van der Waals surface area contributed by atoms with E-state index in [1.165, 1.54) is 6.92 Å². The molecule has 0 saturated carbocycles. The van der Waals surface area contributed by atoms with Crippen LogP contribution in [0, 0.1) is 6.92 Å². The Morgan fingerprint density at radius 2 is 1.76 bits per heavy atom. The van der Waals surface area contributed by atoms with E-state index >= 15 is 0 Å². The third-order valence-corrected chi connectivity index (χ3v) is 6.34. The van der Waals surface area contributed by atoms with E-state index in [0.717, 1.165) is 22.3 Å². The first-order chi connectivity index (χ1) is 19.9. The molecule has 0 unspecified atom stereocenters. The first-order valence-corrected chi connectivity index (χ1v) is 12.6. The van der Waals surface area contributed by atoms with Crippen LogP contribution in [0.4, 0.5) is 0 Å². The minimum atomic E-state index is -0.965. The molecular formula is C29H22N4O8. The topological polar surface area (TPSA) is 156 Å². The van der Waals surface area contributed by atoms with E-state index in [1.54, 1.807) is 22.8 Å². The molecule has 0 amide bonds. The van der Waals surface area contributed by atoms with Crippen LogP contribution < -0.4 is 21.1 Å². The third-order valence-electron chi connectivity index (χ3n) is 6.34. The molecule has 0 fully saturated rings. The summed E-state index contributed by atoms with van der Waals surface area (Å²) < 4.78 is 27.2. The van der Waals surface area contributed by atoms with Crippen LogP contribution in [0.3, 0.4) is 0 Å². The molecule has 0 spiro atoms. The number of carbonyl (C=O) groups is 1. The summed E-state index contributed by atoms with van der Waals surface area (Å²) in [6, 6.07) is 20.7. The quantitative estimate of drug-likeness (QED) is 0.265. The lowest BCUT2D eigenvalue weighted by atomic mass is 9.98. The highest BCUT2D eigenvalue weighted by Gasteiger charge is 2.23. The lowest BCUT2D eigenvalue weighted by molar-refractivity contribution is 0.0691. The maximum atomic E-state index is 13.2. The molecule has 0 atom stereocenters. The van der Waals surface area contributed by atoms with Gasteiger partial charge in [-0.05, 0) is 35.7 Å². The highest BCUT2D eigenvalue weighted by atomic mass is 16.7. The molecule has 3 aromatic heterocycles. The first-order valence-electron chi connectivity index (χ1n) is 12.6. The number of H-pyrrole nitrogens is 1. The molecule has 0 aliphatic rings. The highest BCUT2D eigenvalue weighted by molar-refractivity contribution is 6.03. The second-order valence-electron chi connectivity index (χ2n) is 8.96. The fourth-order valence-electron chi connectivity index (χ4n) is 4.54. The number of aryl methyl sites for hydroxylation is 1. The summed E-state index contributed by atoms with van der Waals surface area (Å²) in [5.41, 5.74) is 4.61. The number of ether oxygens (including phenoxy) is 2.